The molecule has 50 valence electrons. The van der Waals surface area contributed by atoms with E-state index in [-0.39, 0.29) is 12.4 Å². The van der Waals surface area contributed by atoms with Crippen molar-refractivity contribution in [2.75, 3.05) is 5.73 Å². The van der Waals surface area contributed by atoms with Crippen LogP contribution >= 0.6 is 28.3 Å². The molecule has 2 nitrogen and oxygen atoms in total. The number of halogens is 2. The standard InChI is InChI=1S/C5H5BrN2.ClH/c6-5-4(7)2-1-3-8-5;/h1-3H,7H2;1H. The molecule has 0 saturated carbocycles. The van der Waals surface area contributed by atoms with Gasteiger partial charge in [-0.05, 0) is 28.1 Å². The van der Waals surface area contributed by atoms with Gasteiger partial charge in [0.1, 0.15) is 4.60 Å². The molecule has 0 saturated heterocycles. The van der Waals surface area contributed by atoms with Crippen molar-refractivity contribution < 1.29 is 0 Å². The average molecular weight is 209 g/mol. The summed E-state index contributed by atoms with van der Waals surface area (Å²) in [7, 11) is 0. The van der Waals surface area contributed by atoms with Gasteiger partial charge < -0.3 is 5.73 Å². The minimum absolute atomic E-state index is 0. The third-order valence-corrected chi connectivity index (χ3v) is 1.45. The third-order valence-electron chi connectivity index (χ3n) is 0.788. The van der Waals surface area contributed by atoms with E-state index in [9.17, 15) is 0 Å². The van der Waals surface area contributed by atoms with Gasteiger partial charge in [0.05, 0.1) is 5.69 Å². The van der Waals surface area contributed by atoms with Crippen LogP contribution in [-0.2, 0) is 0 Å². The smallest absolute Gasteiger partial charge is 0.128 e. The topological polar surface area (TPSA) is 38.9 Å². The number of hydrogen-bond acceptors (Lipinski definition) is 2. The summed E-state index contributed by atoms with van der Waals surface area (Å²) in [5, 5.41) is 0. The minimum atomic E-state index is 0. The molecule has 4 heteroatoms. The highest BCUT2D eigenvalue weighted by molar-refractivity contribution is 9.10. The van der Waals surface area contributed by atoms with Crippen molar-refractivity contribution in [3.8, 4) is 0 Å². The molecule has 0 aromatic carbocycles. The number of rotatable bonds is 0. The molecule has 0 aliphatic heterocycles. The maximum absolute atomic E-state index is 5.41. The molecule has 1 heterocycles. The van der Waals surface area contributed by atoms with Gasteiger partial charge >= 0.3 is 0 Å². The van der Waals surface area contributed by atoms with Crippen LogP contribution in [0.3, 0.4) is 0 Å². The Morgan fingerprint density at radius 1 is 1.56 bits per heavy atom. The molecule has 1 aromatic rings. The summed E-state index contributed by atoms with van der Waals surface area (Å²) in [5.41, 5.74) is 6.08. The number of hydrogen-bond donors (Lipinski definition) is 1. The number of anilines is 1. The minimum Gasteiger partial charge on any atom is -0.397 e. The Labute approximate surface area is 68.0 Å². The summed E-state index contributed by atoms with van der Waals surface area (Å²) in [6.45, 7) is 0. The number of nitrogen functional groups attached to an aromatic ring is 1. The van der Waals surface area contributed by atoms with Gasteiger partial charge in [-0.2, -0.15) is 0 Å². The molecule has 2 N–H and O–H groups in total. The van der Waals surface area contributed by atoms with E-state index >= 15 is 0 Å². The summed E-state index contributed by atoms with van der Waals surface area (Å²) in [5.74, 6) is 0. The second-order valence-corrected chi connectivity index (χ2v) is 2.13. The van der Waals surface area contributed by atoms with Crippen molar-refractivity contribution in [1.82, 2.24) is 4.98 Å². The fraction of sp³-hybridized carbons (Fsp3) is 0. The molecule has 9 heavy (non-hydrogen) atoms. The van der Waals surface area contributed by atoms with Crippen molar-refractivity contribution in [2.24, 2.45) is 0 Å². The maximum Gasteiger partial charge on any atom is 0.128 e. The Bertz CT molecular complexity index is 171. The Kier molecular flexibility index (Phi) is 3.58. The average Bonchev–Trinajstić information content (AvgIpc) is 1.77. The van der Waals surface area contributed by atoms with Gasteiger partial charge in [0, 0.05) is 6.20 Å². The molecule has 0 radical (unpaired) electrons. The molecular weight excluding hydrogens is 203 g/mol. The van der Waals surface area contributed by atoms with E-state index in [0.29, 0.717) is 10.3 Å². The predicted molar refractivity (Wildman–Crippen MR) is 43.6 cm³/mol. The van der Waals surface area contributed by atoms with Crippen molar-refractivity contribution in [1.29, 1.82) is 0 Å². The molecule has 0 spiro atoms. The summed E-state index contributed by atoms with van der Waals surface area (Å²) in [4.78, 5) is 3.87. The van der Waals surface area contributed by atoms with Crippen LogP contribution in [0.4, 0.5) is 5.69 Å². The molecular formula is C5H6BrClN2. The first kappa shape index (κ1) is 8.72. The van der Waals surface area contributed by atoms with Gasteiger partial charge in [0.25, 0.3) is 0 Å². The van der Waals surface area contributed by atoms with Crippen LogP contribution < -0.4 is 5.73 Å². The van der Waals surface area contributed by atoms with Crippen molar-refractivity contribution in [3.05, 3.63) is 22.9 Å². The lowest BCUT2D eigenvalue weighted by Crippen LogP contribution is -1.86. The van der Waals surface area contributed by atoms with Gasteiger partial charge in [-0.25, -0.2) is 4.98 Å². The molecule has 0 atom stereocenters. The van der Waals surface area contributed by atoms with Crippen molar-refractivity contribution in [3.63, 3.8) is 0 Å². The van der Waals surface area contributed by atoms with Crippen LogP contribution in [0.5, 0.6) is 0 Å². The third kappa shape index (κ3) is 2.20. The molecule has 0 aliphatic rings. The van der Waals surface area contributed by atoms with Crippen LogP contribution in [-0.4, -0.2) is 4.98 Å². The normalized spacial score (nSPS) is 8.11. The van der Waals surface area contributed by atoms with Crippen LogP contribution in [0, 0.1) is 0 Å². The second-order valence-electron chi connectivity index (χ2n) is 1.38. The number of aromatic nitrogens is 1. The van der Waals surface area contributed by atoms with Crippen molar-refractivity contribution in [2.45, 2.75) is 0 Å². The molecule has 0 amide bonds. The predicted octanol–water partition coefficient (Wildman–Crippen LogP) is 1.85. The van der Waals surface area contributed by atoms with Gasteiger partial charge in [-0.3, -0.25) is 0 Å². The molecule has 0 unspecified atom stereocenters. The largest absolute Gasteiger partial charge is 0.397 e. The summed E-state index contributed by atoms with van der Waals surface area (Å²) < 4.78 is 0.708. The van der Waals surface area contributed by atoms with E-state index in [1.54, 1.807) is 18.3 Å². The van der Waals surface area contributed by atoms with Crippen LogP contribution in [0.25, 0.3) is 0 Å². The fourth-order valence-corrected chi connectivity index (χ4v) is 0.649. The zero-order valence-corrected chi connectivity index (χ0v) is 6.95. The van der Waals surface area contributed by atoms with E-state index < -0.39 is 0 Å². The molecule has 1 aromatic heterocycles. The van der Waals surface area contributed by atoms with E-state index in [4.69, 9.17) is 5.73 Å². The Balaban J connectivity index is 0.000000640. The lowest BCUT2D eigenvalue weighted by atomic mass is 10.4. The Morgan fingerprint density at radius 3 is 2.56 bits per heavy atom. The fourth-order valence-electron chi connectivity index (χ4n) is 0.398. The quantitative estimate of drug-likeness (QED) is 0.662. The number of pyridine rings is 1. The Morgan fingerprint density at radius 2 is 2.22 bits per heavy atom. The van der Waals surface area contributed by atoms with Crippen LogP contribution in [0.1, 0.15) is 0 Å². The Hall–Kier alpha value is -0.280. The number of nitrogens with two attached hydrogens (primary N) is 1. The van der Waals surface area contributed by atoms with Gasteiger partial charge in [0.2, 0.25) is 0 Å². The first-order valence-corrected chi connectivity index (χ1v) is 2.96. The lowest BCUT2D eigenvalue weighted by Gasteiger charge is -1.90. The first-order chi connectivity index (χ1) is 3.80. The number of nitrogens with zero attached hydrogens (tertiary/aromatic N) is 1. The summed E-state index contributed by atoms with van der Waals surface area (Å²) >= 11 is 3.16. The molecule has 1 rings (SSSR count). The summed E-state index contributed by atoms with van der Waals surface area (Å²) in [6.07, 6.45) is 1.68. The first-order valence-electron chi connectivity index (χ1n) is 2.16. The zero-order valence-electron chi connectivity index (χ0n) is 4.54. The van der Waals surface area contributed by atoms with Gasteiger partial charge in [-0.1, -0.05) is 0 Å². The van der Waals surface area contributed by atoms with Crippen LogP contribution in [0.15, 0.2) is 22.9 Å². The van der Waals surface area contributed by atoms with E-state index in [2.05, 4.69) is 20.9 Å². The van der Waals surface area contributed by atoms with E-state index in [1.807, 2.05) is 0 Å². The van der Waals surface area contributed by atoms with E-state index in [0.717, 1.165) is 0 Å². The second kappa shape index (κ2) is 3.69. The van der Waals surface area contributed by atoms with Crippen LogP contribution in [0.2, 0.25) is 0 Å². The van der Waals surface area contributed by atoms with Gasteiger partial charge in [0.15, 0.2) is 0 Å². The monoisotopic (exact) mass is 208 g/mol. The highest BCUT2D eigenvalue weighted by Gasteiger charge is 1.88. The molecule has 0 aliphatic carbocycles. The van der Waals surface area contributed by atoms with Gasteiger partial charge in [-0.15, -0.1) is 12.4 Å². The van der Waals surface area contributed by atoms with E-state index in [1.165, 1.54) is 0 Å². The molecule has 0 fully saturated rings. The SMILES string of the molecule is Cl.Nc1cccnc1Br. The molecule has 0 bridgehead atoms. The highest BCUT2D eigenvalue weighted by atomic mass is 79.9. The summed E-state index contributed by atoms with van der Waals surface area (Å²) in [6, 6.07) is 3.58. The van der Waals surface area contributed by atoms with Crippen molar-refractivity contribution >= 4 is 34.0 Å². The maximum atomic E-state index is 5.41. The highest BCUT2D eigenvalue weighted by Crippen LogP contribution is 2.12. The lowest BCUT2D eigenvalue weighted by molar-refractivity contribution is 1.28. The zero-order chi connectivity index (χ0) is 5.98.